The summed E-state index contributed by atoms with van der Waals surface area (Å²) in [7, 11) is 0. The number of hydrogen-bond acceptors (Lipinski definition) is 0. The van der Waals surface area contributed by atoms with E-state index in [0.29, 0.717) is 0 Å². The molecule has 0 N–H and O–H groups in total. The van der Waals surface area contributed by atoms with E-state index >= 15 is 0 Å². The number of hydrogen-bond donors (Lipinski definition) is 0. The van der Waals surface area contributed by atoms with Gasteiger partial charge in [-0.15, -0.1) is 0 Å². The van der Waals surface area contributed by atoms with Crippen LogP contribution in [0, 0.1) is 23.7 Å². The van der Waals surface area contributed by atoms with Gasteiger partial charge in [0.1, 0.15) is 0 Å². The van der Waals surface area contributed by atoms with Crippen molar-refractivity contribution >= 4 is 43.6 Å². The Balaban J connectivity index is 0.878. The molecule has 0 aliphatic heterocycles. The van der Waals surface area contributed by atoms with Gasteiger partial charge in [-0.3, -0.25) is 0 Å². The molecule has 5 aliphatic rings. The van der Waals surface area contributed by atoms with Crippen LogP contribution in [0.4, 0.5) is 0 Å². The van der Waals surface area contributed by atoms with Gasteiger partial charge in [-0.2, -0.15) is 0 Å². The average molecular weight is 845 g/mol. The van der Waals surface area contributed by atoms with Crippen LogP contribution in [0.5, 0.6) is 0 Å². The van der Waals surface area contributed by atoms with Crippen molar-refractivity contribution in [2.45, 2.75) is 37.5 Å². The van der Waals surface area contributed by atoms with Crippen LogP contribution in [0.3, 0.4) is 0 Å². The highest BCUT2D eigenvalue weighted by Crippen LogP contribution is 2.69. The molecule has 5 aliphatic carbocycles. The molecule has 9 aromatic carbocycles. The molecule has 314 valence electrons. The largest absolute Gasteiger partial charge is 0.309 e. The van der Waals surface area contributed by atoms with Gasteiger partial charge < -0.3 is 9.13 Å². The molecule has 66 heavy (non-hydrogen) atoms. The molecular formula is C64H48N2. The number of nitrogens with zero attached hydrogens (tertiary/aromatic N) is 2. The number of rotatable bonds is 5. The summed E-state index contributed by atoms with van der Waals surface area (Å²) in [6, 6.07) is 77.8. The fourth-order valence-corrected chi connectivity index (χ4v) is 14.5. The molecule has 2 heteroatoms. The summed E-state index contributed by atoms with van der Waals surface area (Å²) < 4.78 is 5.04. The van der Waals surface area contributed by atoms with Gasteiger partial charge in [0.25, 0.3) is 0 Å². The van der Waals surface area contributed by atoms with Gasteiger partial charge in [0.15, 0.2) is 0 Å². The summed E-state index contributed by atoms with van der Waals surface area (Å²) in [5.74, 6) is 3.33. The molecule has 4 saturated carbocycles. The first-order valence-corrected chi connectivity index (χ1v) is 24.3. The van der Waals surface area contributed by atoms with Crippen molar-refractivity contribution in [3.05, 3.63) is 217 Å². The molecule has 16 rings (SSSR count). The van der Waals surface area contributed by atoms with Crippen LogP contribution in [0.15, 0.2) is 206 Å². The van der Waals surface area contributed by atoms with E-state index in [-0.39, 0.29) is 5.41 Å². The zero-order valence-electron chi connectivity index (χ0n) is 36.9. The topological polar surface area (TPSA) is 9.86 Å². The van der Waals surface area contributed by atoms with E-state index in [0.717, 1.165) is 23.7 Å². The second kappa shape index (κ2) is 13.8. The summed E-state index contributed by atoms with van der Waals surface area (Å²) in [6.45, 7) is 0. The van der Waals surface area contributed by atoms with Crippen molar-refractivity contribution in [1.29, 1.82) is 0 Å². The maximum atomic E-state index is 2.64. The monoisotopic (exact) mass is 844 g/mol. The van der Waals surface area contributed by atoms with E-state index in [1.165, 1.54) is 132 Å². The predicted octanol–water partition coefficient (Wildman–Crippen LogP) is 16.6. The van der Waals surface area contributed by atoms with Crippen molar-refractivity contribution in [3.63, 3.8) is 0 Å². The van der Waals surface area contributed by atoms with E-state index in [2.05, 4.69) is 215 Å². The van der Waals surface area contributed by atoms with E-state index in [9.17, 15) is 0 Å². The molecule has 0 amide bonds. The fourth-order valence-electron chi connectivity index (χ4n) is 14.5. The van der Waals surface area contributed by atoms with Gasteiger partial charge in [0.2, 0.25) is 0 Å². The molecule has 2 nitrogen and oxygen atoms in total. The number of benzene rings is 9. The zero-order chi connectivity index (χ0) is 43.1. The second-order valence-electron chi connectivity index (χ2n) is 20.1. The molecule has 0 unspecified atom stereocenters. The van der Waals surface area contributed by atoms with Gasteiger partial charge in [0, 0.05) is 38.2 Å². The van der Waals surface area contributed by atoms with E-state index in [4.69, 9.17) is 0 Å². The van der Waals surface area contributed by atoms with Gasteiger partial charge in [-0.25, -0.2) is 0 Å². The normalized spacial score (nSPS) is 21.4. The first kappa shape index (κ1) is 36.9. The lowest BCUT2D eigenvalue weighted by atomic mass is 9.43. The number of fused-ring (bicyclic) bond motifs is 9. The van der Waals surface area contributed by atoms with E-state index in [1.807, 2.05) is 0 Å². The maximum absolute atomic E-state index is 2.64. The lowest BCUT2D eigenvalue weighted by Gasteiger charge is -2.61. The summed E-state index contributed by atoms with van der Waals surface area (Å²) >= 11 is 0. The van der Waals surface area contributed by atoms with E-state index in [1.54, 1.807) is 11.1 Å². The first-order chi connectivity index (χ1) is 32.7. The molecule has 0 saturated heterocycles. The van der Waals surface area contributed by atoms with Crippen LogP contribution in [0.2, 0.25) is 0 Å². The minimum absolute atomic E-state index is 0.137. The van der Waals surface area contributed by atoms with Crippen LogP contribution in [-0.2, 0) is 5.41 Å². The molecule has 1 spiro atoms. The highest BCUT2D eigenvalue weighted by atomic mass is 15.0. The van der Waals surface area contributed by atoms with Crippen molar-refractivity contribution in [2.24, 2.45) is 23.7 Å². The Labute approximate surface area is 385 Å². The third kappa shape index (κ3) is 5.08. The molecular weight excluding hydrogens is 797 g/mol. The molecule has 2 aromatic heterocycles. The predicted molar refractivity (Wildman–Crippen MR) is 275 cm³/mol. The Hall–Kier alpha value is -7.42. The quantitative estimate of drug-likeness (QED) is 0.163. The van der Waals surface area contributed by atoms with Crippen LogP contribution >= 0.6 is 0 Å². The zero-order valence-corrected chi connectivity index (χ0v) is 36.9. The van der Waals surface area contributed by atoms with Gasteiger partial charge in [-0.05, 0) is 167 Å². The second-order valence-corrected chi connectivity index (χ2v) is 20.1. The Morgan fingerprint density at radius 2 is 0.833 bits per heavy atom. The highest BCUT2D eigenvalue weighted by molar-refractivity contribution is 6.13. The molecule has 4 fully saturated rings. The van der Waals surface area contributed by atoms with Crippen molar-refractivity contribution in [3.8, 4) is 55.9 Å². The molecule has 0 atom stereocenters. The first-order valence-electron chi connectivity index (χ1n) is 24.3. The lowest BCUT2D eigenvalue weighted by Crippen LogP contribution is -2.55. The third-order valence-electron chi connectivity index (χ3n) is 16.9. The SMILES string of the molecule is c1ccc(-c2ccc(-n3c4ccccc4c4cc(-c5ccc6c(c5)c5ccccc5n6-c5ccc6c(c5)C5(c7ccccc7-6)C6CC7CC(C6)CC5C7)ccc43)c(-c3ccccc3)c2)cc1. The van der Waals surface area contributed by atoms with Gasteiger partial charge in [0.05, 0.1) is 27.8 Å². The minimum Gasteiger partial charge on any atom is -0.309 e. The summed E-state index contributed by atoms with van der Waals surface area (Å²) in [6.07, 6.45) is 7.05. The van der Waals surface area contributed by atoms with Crippen LogP contribution in [0.25, 0.3) is 99.5 Å². The van der Waals surface area contributed by atoms with Crippen molar-refractivity contribution < 1.29 is 0 Å². The Morgan fingerprint density at radius 1 is 0.318 bits per heavy atom. The smallest absolute Gasteiger partial charge is 0.0541 e. The van der Waals surface area contributed by atoms with Crippen LogP contribution in [0.1, 0.15) is 43.2 Å². The summed E-state index contributed by atoms with van der Waals surface area (Å²) in [4.78, 5) is 0. The molecule has 2 heterocycles. The molecule has 4 bridgehead atoms. The van der Waals surface area contributed by atoms with E-state index < -0.39 is 0 Å². The summed E-state index contributed by atoms with van der Waals surface area (Å²) in [5, 5.41) is 5.11. The van der Waals surface area contributed by atoms with Gasteiger partial charge >= 0.3 is 0 Å². The van der Waals surface area contributed by atoms with Crippen molar-refractivity contribution in [1.82, 2.24) is 9.13 Å². The fraction of sp³-hybridized carbons (Fsp3) is 0.156. The average Bonchev–Trinajstić information content (AvgIpc) is 3.99. The highest BCUT2D eigenvalue weighted by Gasteiger charge is 2.61. The maximum Gasteiger partial charge on any atom is 0.0541 e. The molecule has 11 aromatic rings. The minimum atomic E-state index is 0.137. The Bertz CT molecular complexity index is 3740. The Morgan fingerprint density at radius 3 is 1.52 bits per heavy atom. The van der Waals surface area contributed by atoms with Crippen LogP contribution < -0.4 is 0 Å². The van der Waals surface area contributed by atoms with Gasteiger partial charge in [-0.1, -0.05) is 146 Å². The number of para-hydroxylation sites is 2. The third-order valence-corrected chi connectivity index (χ3v) is 16.9. The lowest BCUT2D eigenvalue weighted by molar-refractivity contribution is -0.0399. The Kier molecular flexibility index (Phi) is 7.71. The van der Waals surface area contributed by atoms with Crippen LogP contribution in [-0.4, -0.2) is 9.13 Å². The standard InChI is InChI=1S/C64H48N2/c1-3-13-42(14-4-1)44-23-28-61(54(36-44)43-15-5-2-6-16-43)66-60-22-12-9-19-53(60)56-38-46(25-30-63(56)66)45-24-29-62-55(37-45)52-18-8-11-21-59(52)65(62)49-26-27-51-50-17-7-10-20-57(50)64(58(51)39-49)47-32-40-31-41(34-47)35-48(64)33-40/h1-30,36-41,47-48H,31-35H2. The van der Waals surface area contributed by atoms with Crippen molar-refractivity contribution in [2.75, 3.05) is 0 Å². The number of aromatic nitrogens is 2. The summed E-state index contributed by atoms with van der Waals surface area (Å²) in [5.41, 5.74) is 21.0. The molecule has 0 radical (unpaired) electrons.